The minimum Gasteiger partial charge on any atom is -0.464 e. The summed E-state index contributed by atoms with van der Waals surface area (Å²) in [6, 6.07) is 4.88. The molecule has 6 heteroatoms. The molecular formula is C11H9ClN2O3. The van der Waals surface area contributed by atoms with Crippen molar-refractivity contribution in [1.82, 2.24) is 4.98 Å². The Kier molecular flexibility index (Phi) is 2.77. The van der Waals surface area contributed by atoms with E-state index in [0.29, 0.717) is 15.9 Å². The Morgan fingerprint density at radius 2 is 2.12 bits per heavy atom. The maximum atomic E-state index is 11.5. The van der Waals surface area contributed by atoms with Crippen molar-refractivity contribution in [1.29, 1.82) is 0 Å². The fraction of sp³-hybridized carbons (Fsp3) is 0.0909. The third-order valence-electron chi connectivity index (χ3n) is 2.40. The summed E-state index contributed by atoms with van der Waals surface area (Å²) in [5, 5.41) is 0.959. The third kappa shape index (κ3) is 1.85. The number of aromatic nitrogens is 1. The zero-order valence-corrected chi connectivity index (χ0v) is 9.67. The number of nitrogens with one attached hydrogen (secondary N) is 1. The lowest BCUT2D eigenvalue weighted by Gasteiger charge is -1.98. The summed E-state index contributed by atoms with van der Waals surface area (Å²) in [7, 11) is 1.23. The van der Waals surface area contributed by atoms with Crippen LogP contribution in [0.5, 0.6) is 0 Å². The molecule has 0 spiro atoms. The van der Waals surface area contributed by atoms with Gasteiger partial charge in [-0.15, -0.1) is 0 Å². The molecule has 0 fully saturated rings. The number of carbonyl (C=O) groups excluding carboxylic acids is 2. The van der Waals surface area contributed by atoms with E-state index in [9.17, 15) is 9.59 Å². The molecule has 1 aromatic heterocycles. The molecule has 1 amide bonds. The van der Waals surface area contributed by atoms with Gasteiger partial charge in [-0.2, -0.15) is 0 Å². The summed E-state index contributed by atoms with van der Waals surface area (Å²) in [4.78, 5) is 25.7. The molecule has 5 nitrogen and oxygen atoms in total. The summed E-state index contributed by atoms with van der Waals surface area (Å²) in [5.41, 5.74) is 5.99. The first kappa shape index (κ1) is 11.5. The predicted molar refractivity (Wildman–Crippen MR) is 63.2 cm³/mol. The number of benzene rings is 1. The highest BCUT2D eigenvalue weighted by molar-refractivity contribution is 6.31. The van der Waals surface area contributed by atoms with Gasteiger partial charge in [-0.3, -0.25) is 4.79 Å². The minimum atomic E-state index is -0.709. The van der Waals surface area contributed by atoms with Crippen LogP contribution in [-0.2, 0) is 4.74 Å². The van der Waals surface area contributed by atoms with Crippen molar-refractivity contribution in [3.63, 3.8) is 0 Å². The topological polar surface area (TPSA) is 85.2 Å². The van der Waals surface area contributed by atoms with Crippen molar-refractivity contribution in [2.24, 2.45) is 5.73 Å². The largest absolute Gasteiger partial charge is 0.464 e. The number of methoxy groups -OCH3 is 1. The molecule has 17 heavy (non-hydrogen) atoms. The summed E-state index contributed by atoms with van der Waals surface area (Å²) in [6.45, 7) is 0. The number of fused-ring (bicyclic) bond motifs is 1. The number of aromatic amines is 1. The van der Waals surface area contributed by atoms with Gasteiger partial charge >= 0.3 is 5.97 Å². The van der Waals surface area contributed by atoms with Crippen LogP contribution in [0, 0.1) is 0 Å². The van der Waals surface area contributed by atoms with E-state index >= 15 is 0 Å². The first-order valence-electron chi connectivity index (χ1n) is 4.74. The maximum Gasteiger partial charge on any atom is 0.355 e. The van der Waals surface area contributed by atoms with Crippen LogP contribution in [0.2, 0.25) is 5.02 Å². The zero-order chi connectivity index (χ0) is 12.6. The van der Waals surface area contributed by atoms with Gasteiger partial charge in [-0.1, -0.05) is 11.6 Å². The predicted octanol–water partition coefficient (Wildman–Crippen LogP) is 1.71. The molecule has 1 heterocycles. The summed E-state index contributed by atoms with van der Waals surface area (Å²) < 4.78 is 4.58. The Morgan fingerprint density at radius 1 is 1.41 bits per heavy atom. The number of amides is 1. The number of rotatable bonds is 2. The number of hydrogen-bond donors (Lipinski definition) is 2. The Morgan fingerprint density at radius 3 is 2.71 bits per heavy atom. The van der Waals surface area contributed by atoms with E-state index in [-0.39, 0.29) is 11.3 Å². The van der Waals surface area contributed by atoms with Gasteiger partial charge in [0.05, 0.1) is 12.7 Å². The second kappa shape index (κ2) is 4.10. The Bertz CT molecular complexity index is 618. The number of ether oxygens (including phenoxy) is 1. The fourth-order valence-corrected chi connectivity index (χ4v) is 1.85. The van der Waals surface area contributed by atoms with Crippen molar-refractivity contribution in [2.45, 2.75) is 0 Å². The number of hydrogen-bond acceptors (Lipinski definition) is 3. The second-order valence-corrected chi connectivity index (χ2v) is 3.86. The monoisotopic (exact) mass is 252 g/mol. The standard InChI is InChI=1S/C11H9ClN2O3/c1-17-11(16)9-8(10(13)15)6-4-5(12)2-3-7(6)14-9/h2-4,14H,1H3,(H2,13,15). The van der Waals surface area contributed by atoms with Crippen molar-refractivity contribution in [3.8, 4) is 0 Å². The van der Waals surface area contributed by atoms with E-state index in [0.717, 1.165) is 0 Å². The zero-order valence-electron chi connectivity index (χ0n) is 8.91. The highest BCUT2D eigenvalue weighted by Crippen LogP contribution is 2.25. The van der Waals surface area contributed by atoms with Gasteiger partial charge in [0.2, 0.25) is 0 Å². The van der Waals surface area contributed by atoms with Crippen LogP contribution in [0.4, 0.5) is 0 Å². The normalized spacial score (nSPS) is 10.5. The molecule has 2 aromatic rings. The highest BCUT2D eigenvalue weighted by Gasteiger charge is 2.22. The third-order valence-corrected chi connectivity index (χ3v) is 2.63. The van der Waals surface area contributed by atoms with Gasteiger partial charge in [0.1, 0.15) is 5.69 Å². The number of nitrogens with two attached hydrogens (primary N) is 1. The molecule has 0 saturated carbocycles. The van der Waals surface area contributed by atoms with E-state index < -0.39 is 11.9 Å². The quantitative estimate of drug-likeness (QED) is 0.798. The van der Waals surface area contributed by atoms with Gasteiger partial charge in [-0.05, 0) is 18.2 Å². The van der Waals surface area contributed by atoms with Gasteiger partial charge < -0.3 is 15.5 Å². The molecule has 0 unspecified atom stereocenters. The average molecular weight is 253 g/mol. The number of carbonyl (C=O) groups is 2. The molecule has 88 valence electrons. The Labute approximate surface area is 101 Å². The molecule has 0 bridgehead atoms. The van der Waals surface area contributed by atoms with Crippen LogP contribution in [0.3, 0.4) is 0 Å². The van der Waals surface area contributed by atoms with Gasteiger partial charge in [-0.25, -0.2) is 4.79 Å². The molecule has 0 aliphatic carbocycles. The Hall–Kier alpha value is -2.01. The van der Waals surface area contributed by atoms with Crippen molar-refractivity contribution < 1.29 is 14.3 Å². The van der Waals surface area contributed by atoms with Crippen molar-refractivity contribution in [2.75, 3.05) is 7.11 Å². The first-order valence-corrected chi connectivity index (χ1v) is 5.11. The van der Waals surface area contributed by atoms with Gasteiger partial charge in [0.15, 0.2) is 0 Å². The molecule has 0 radical (unpaired) electrons. The number of primary amides is 1. The molecular weight excluding hydrogens is 244 g/mol. The molecule has 0 aliphatic rings. The Balaban J connectivity index is 2.80. The summed E-state index contributed by atoms with van der Waals surface area (Å²) in [6.07, 6.45) is 0. The minimum absolute atomic E-state index is 0.0391. The number of H-pyrrole nitrogens is 1. The SMILES string of the molecule is COC(=O)c1[nH]c2ccc(Cl)cc2c1C(N)=O. The van der Waals surface area contributed by atoms with E-state index in [1.54, 1.807) is 18.2 Å². The fourth-order valence-electron chi connectivity index (χ4n) is 1.68. The van der Waals surface area contributed by atoms with Crippen molar-refractivity contribution in [3.05, 3.63) is 34.5 Å². The summed E-state index contributed by atoms with van der Waals surface area (Å²) >= 11 is 5.84. The van der Waals surface area contributed by atoms with Crippen LogP contribution in [0.25, 0.3) is 10.9 Å². The molecule has 2 rings (SSSR count). The smallest absolute Gasteiger partial charge is 0.355 e. The molecule has 0 atom stereocenters. The lowest BCUT2D eigenvalue weighted by Crippen LogP contribution is -2.16. The second-order valence-electron chi connectivity index (χ2n) is 3.42. The van der Waals surface area contributed by atoms with Crippen LogP contribution >= 0.6 is 11.6 Å². The van der Waals surface area contributed by atoms with E-state index in [1.165, 1.54) is 7.11 Å². The maximum absolute atomic E-state index is 11.5. The molecule has 1 aromatic carbocycles. The van der Waals surface area contributed by atoms with Gasteiger partial charge in [0.25, 0.3) is 5.91 Å². The van der Waals surface area contributed by atoms with Crippen LogP contribution in [0.15, 0.2) is 18.2 Å². The van der Waals surface area contributed by atoms with Crippen LogP contribution in [-0.4, -0.2) is 24.0 Å². The first-order chi connectivity index (χ1) is 8.04. The molecule has 3 N–H and O–H groups in total. The molecule has 0 aliphatic heterocycles. The van der Waals surface area contributed by atoms with Crippen LogP contribution < -0.4 is 5.73 Å². The average Bonchev–Trinajstić information content (AvgIpc) is 2.66. The number of esters is 1. The van der Waals surface area contributed by atoms with Gasteiger partial charge in [0, 0.05) is 15.9 Å². The van der Waals surface area contributed by atoms with E-state index in [1.807, 2.05) is 0 Å². The highest BCUT2D eigenvalue weighted by atomic mass is 35.5. The summed E-state index contributed by atoms with van der Waals surface area (Å²) in [5.74, 6) is -1.36. The van der Waals surface area contributed by atoms with Crippen LogP contribution in [0.1, 0.15) is 20.8 Å². The lowest BCUT2D eigenvalue weighted by molar-refractivity contribution is 0.0591. The number of halogens is 1. The van der Waals surface area contributed by atoms with Crippen molar-refractivity contribution >= 4 is 34.4 Å². The van der Waals surface area contributed by atoms with E-state index in [4.69, 9.17) is 17.3 Å². The lowest BCUT2D eigenvalue weighted by atomic mass is 10.1. The molecule has 0 saturated heterocycles. The van der Waals surface area contributed by atoms with E-state index in [2.05, 4.69) is 9.72 Å².